The maximum Gasteiger partial charge on any atom is 0.328 e. The van der Waals surface area contributed by atoms with Gasteiger partial charge in [-0.05, 0) is 35.0 Å². The topological polar surface area (TPSA) is 108 Å². The molecule has 0 fully saturated rings. The molecule has 1 aromatic heterocycles. The number of hydrogen-bond acceptors (Lipinski definition) is 7. The predicted octanol–water partition coefficient (Wildman–Crippen LogP) is 0.599. The van der Waals surface area contributed by atoms with E-state index in [4.69, 9.17) is 9.47 Å². The van der Waals surface area contributed by atoms with Crippen molar-refractivity contribution < 1.29 is 23.5 Å². The first kappa shape index (κ1) is 20.4. The molecule has 2 atom stereocenters. The summed E-state index contributed by atoms with van der Waals surface area (Å²) in [5.41, 5.74) is 0.594. The number of carbonyl (C=O) groups excluding carboxylic acids is 2. The summed E-state index contributed by atoms with van der Waals surface area (Å²) in [5, 5.41) is 13.9. The minimum atomic E-state index is -0.880. The second-order valence-corrected chi connectivity index (χ2v) is 5.89. The van der Waals surface area contributed by atoms with Crippen LogP contribution in [-0.4, -0.2) is 59.0 Å². The molecule has 0 aliphatic rings. The Bertz CT molecular complexity index is 782. The molecule has 0 aliphatic carbocycles. The fourth-order valence-corrected chi connectivity index (χ4v) is 2.60. The van der Waals surface area contributed by atoms with Gasteiger partial charge in [0, 0.05) is 26.6 Å². The summed E-state index contributed by atoms with van der Waals surface area (Å²) in [4.78, 5) is 24.9. The third-order valence-electron chi connectivity index (χ3n) is 3.99. The van der Waals surface area contributed by atoms with E-state index in [1.807, 2.05) is 0 Å². The lowest BCUT2D eigenvalue weighted by atomic mass is 10.0. The van der Waals surface area contributed by atoms with Gasteiger partial charge in [0.15, 0.2) is 0 Å². The summed E-state index contributed by atoms with van der Waals surface area (Å²) in [5.74, 6) is -1.06. The number of nitrogens with one attached hydrogen (secondary N) is 1. The monoisotopic (exact) mass is 379 g/mol. The summed E-state index contributed by atoms with van der Waals surface area (Å²) < 4.78 is 24.6. The number of halogens is 1. The number of hydrogen-bond donors (Lipinski definition) is 1. The number of amides is 1. The van der Waals surface area contributed by atoms with E-state index < -0.39 is 29.8 Å². The van der Waals surface area contributed by atoms with E-state index in [2.05, 4.69) is 20.8 Å². The molecule has 0 radical (unpaired) electrons. The molecule has 2 unspecified atom stereocenters. The lowest BCUT2D eigenvalue weighted by Crippen LogP contribution is -2.46. The summed E-state index contributed by atoms with van der Waals surface area (Å²) in [6.07, 6.45) is 0.393. The van der Waals surface area contributed by atoms with Crippen molar-refractivity contribution in [1.82, 2.24) is 25.5 Å². The predicted molar refractivity (Wildman–Crippen MR) is 92.1 cm³/mol. The smallest absolute Gasteiger partial charge is 0.328 e. The van der Waals surface area contributed by atoms with E-state index in [0.717, 1.165) is 0 Å². The summed E-state index contributed by atoms with van der Waals surface area (Å²) in [7, 11) is 2.73. The Balaban J connectivity index is 2.25. The second kappa shape index (κ2) is 9.72. The van der Waals surface area contributed by atoms with Crippen LogP contribution in [0.3, 0.4) is 0 Å². The zero-order valence-corrected chi connectivity index (χ0v) is 15.4. The molecule has 1 amide bonds. The van der Waals surface area contributed by atoms with Crippen molar-refractivity contribution >= 4 is 11.9 Å². The molecular weight excluding hydrogens is 357 g/mol. The molecule has 0 saturated heterocycles. The summed E-state index contributed by atoms with van der Waals surface area (Å²) in [6.45, 7) is 1.91. The molecule has 1 heterocycles. The van der Waals surface area contributed by atoms with E-state index >= 15 is 0 Å². The van der Waals surface area contributed by atoms with Gasteiger partial charge >= 0.3 is 5.97 Å². The summed E-state index contributed by atoms with van der Waals surface area (Å²) in [6, 6.07) is 4.17. The van der Waals surface area contributed by atoms with Gasteiger partial charge in [0.1, 0.15) is 23.7 Å². The first-order chi connectivity index (χ1) is 13.0. The Hall–Kier alpha value is -2.88. The van der Waals surface area contributed by atoms with Crippen LogP contribution in [0.15, 0.2) is 24.3 Å². The highest BCUT2D eigenvalue weighted by Crippen LogP contribution is 2.16. The van der Waals surface area contributed by atoms with Crippen molar-refractivity contribution in [3.63, 3.8) is 0 Å². The van der Waals surface area contributed by atoms with Crippen molar-refractivity contribution in [2.24, 2.45) is 0 Å². The highest BCUT2D eigenvalue weighted by molar-refractivity contribution is 5.86. The fraction of sp³-hybridized carbons (Fsp3) is 0.471. The van der Waals surface area contributed by atoms with Crippen molar-refractivity contribution in [3.8, 4) is 0 Å². The van der Waals surface area contributed by atoms with Crippen LogP contribution in [0, 0.1) is 12.7 Å². The molecule has 1 N–H and O–H groups in total. The maximum atomic E-state index is 13.5. The van der Waals surface area contributed by atoms with E-state index in [-0.39, 0.29) is 19.4 Å². The quantitative estimate of drug-likeness (QED) is 0.636. The molecular formula is C17H22FN5O4. The van der Waals surface area contributed by atoms with Gasteiger partial charge in [-0.15, -0.1) is 5.10 Å². The van der Waals surface area contributed by atoms with Crippen LogP contribution in [-0.2, 0) is 25.5 Å². The van der Waals surface area contributed by atoms with Crippen LogP contribution in [0.4, 0.5) is 4.39 Å². The number of tetrazole rings is 1. The largest absolute Gasteiger partial charge is 0.467 e. The van der Waals surface area contributed by atoms with E-state index in [1.165, 1.54) is 31.0 Å². The van der Waals surface area contributed by atoms with Crippen LogP contribution >= 0.6 is 0 Å². The molecule has 146 valence electrons. The van der Waals surface area contributed by atoms with Gasteiger partial charge in [-0.1, -0.05) is 12.1 Å². The average Bonchev–Trinajstić information content (AvgIpc) is 3.08. The number of methoxy groups -OCH3 is 2. The number of aromatic nitrogens is 4. The van der Waals surface area contributed by atoms with Crippen LogP contribution < -0.4 is 5.32 Å². The second-order valence-electron chi connectivity index (χ2n) is 5.89. The van der Waals surface area contributed by atoms with Crippen LogP contribution in [0.2, 0.25) is 0 Å². The number of benzene rings is 1. The van der Waals surface area contributed by atoms with Gasteiger partial charge in [-0.2, -0.15) is 0 Å². The van der Waals surface area contributed by atoms with Crippen LogP contribution in [0.1, 0.15) is 23.9 Å². The average molecular weight is 379 g/mol. The molecule has 2 aromatic rings. The first-order valence-electron chi connectivity index (χ1n) is 8.32. The maximum absolute atomic E-state index is 13.5. The summed E-state index contributed by atoms with van der Waals surface area (Å²) >= 11 is 0. The Labute approximate surface area is 155 Å². The fourth-order valence-electron chi connectivity index (χ4n) is 2.60. The molecule has 27 heavy (non-hydrogen) atoms. The van der Waals surface area contributed by atoms with Gasteiger partial charge < -0.3 is 14.8 Å². The Morgan fingerprint density at radius 2 is 2.11 bits per heavy atom. The third-order valence-corrected chi connectivity index (χ3v) is 3.99. The van der Waals surface area contributed by atoms with Crippen molar-refractivity contribution in [3.05, 3.63) is 41.5 Å². The molecule has 0 aliphatic heterocycles. The van der Waals surface area contributed by atoms with E-state index in [9.17, 15) is 14.0 Å². The zero-order chi connectivity index (χ0) is 19.8. The molecule has 2 rings (SSSR count). The van der Waals surface area contributed by atoms with E-state index in [0.29, 0.717) is 11.4 Å². The number of esters is 1. The molecule has 9 nitrogen and oxygen atoms in total. The van der Waals surface area contributed by atoms with Gasteiger partial charge in [0.2, 0.25) is 5.91 Å². The SMILES string of the molecule is COCCC(NC(=O)C(Cc1cccc(F)c1)n1nnnc1C)C(=O)OC. The van der Waals surface area contributed by atoms with Gasteiger partial charge in [0.05, 0.1) is 7.11 Å². The minimum absolute atomic E-state index is 0.146. The van der Waals surface area contributed by atoms with Crippen LogP contribution in [0.5, 0.6) is 0 Å². The number of ether oxygens (including phenoxy) is 2. The molecule has 1 aromatic carbocycles. The minimum Gasteiger partial charge on any atom is -0.467 e. The molecule has 0 bridgehead atoms. The van der Waals surface area contributed by atoms with Gasteiger partial charge in [-0.3, -0.25) is 4.79 Å². The molecule has 10 heteroatoms. The Kier molecular flexibility index (Phi) is 7.35. The van der Waals surface area contributed by atoms with Gasteiger partial charge in [-0.25, -0.2) is 13.9 Å². The first-order valence-corrected chi connectivity index (χ1v) is 8.32. The standard InChI is InChI=1S/C17H22FN5O4/c1-11-20-21-22-23(11)15(10-12-5-4-6-13(18)9-12)16(24)19-14(7-8-26-2)17(25)27-3/h4-6,9,14-15H,7-8,10H2,1-3H3,(H,19,24). The number of aryl methyl sites for hydroxylation is 1. The highest BCUT2D eigenvalue weighted by Gasteiger charge is 2.29. The highest BCUT2D eigenvalue weighted by atomic mass is 19.1. The normalized spacial score (nSPS) is 13.0. The number of nitrogens with zero attached hydrogens (tertiary/aromatic N) is 4. The Morgan fingerprint density at radius 1 is 1.33 bits per heavy atom. The zero-order valence-electron chi connectivity index (χ0n) is 15.4. The van der Waals surface area contributed by atoms with Crippen molar-refractivity contribution in [2.45, 2.75) is 31.8 Å². The Morgan fingerprint density at radius 3 is 2.70 bits per heavy atom. The van der Waals surface area contributed by atoms with Crippen molar-refractivity contribution in [2.75, 3.05) is 20.8 Å². The van der Waals surface area contributed by atoms with Crippen molar-refractivity contribution in [1.29, 1.82) is 0 Å². The lowest BCUT2D eigenvalue weighted by molar-refractivity contribution is -0.146. The van der Waals surface area contributed by atoms with Gasteiger partial charge in [0.25, 0.3) is 0 Å². The van der Waals surface area contributed by atoms with Crippen LogP contribution in [0.25, 0.3) is 0 Å². The lowest BCUT2D eigenvalue weighted by Gasteiger charge is -2.21. The number of rotatable bonds is 9. The van der Waals surface area contributed by atoms with E-state index in [1.54, 1.807) is 19.1 Å². The third kappa shape index (κ3) is 5.55. The molecule has 0 saturated carbocycles. The molecule has 0 spiro atoms. The number of carbonyl (C=O) groups is 2.